The number of ether oxygens (including phenoxy) is 1. The molecule has 2 unspecified atom stereocenters. The van der Waals surface area contributed by atoms with Crippen LogP contribution in [0.2, 0.25) is 0 Å². The highest BCUT2D eigenvalue weighted by molar-refractivity contribution is 5.71. The lowest BCUT2D eigenvalue weighted by atomic mass is 9.86. The first kappa shape index (κ1) is 18.4. The molecule has 29 heavy (non-hydrogen) atoms. The molecule has 3 aliphatic heterocycles. The predicted molar refractivity (Wildman–Crippen MR) is 114 cm³/mol. The van der Waals surface area contributed by atoms with Crippen molar-refractivity contribution in [2.75, 3.05) is 32.7 Å². The van der Waals surface area contributed by atoms with E-state index in [1.807, 2.05) is 24.3 Å². The lowest BCUT2D eigenvalue weighted by Gasteiger charge is -2.25. The molecule has 0 aromatic heterocycles. The predicted octanol–water partition coefficient (Wildman–Crippen LogP) is 3.51. The van der Waals surface area contributed by atoms with Gasteiger partial charge >= 0.3 is 0 Å². The number of hydrogen-bond donors (Lipinski definition) is 1. The van der Waals surface area contributed by atoms with Crippen LogP contribution in [0.1, 0.15) is 35.6 Å². The number of rotatable bonds is 4. The van der Waals surface area contributed by atoms with E-state index in [1.54, 1.807) is 6.40 Å². The van der Waals surface area contributed by atoms with Gasteiger partial charge in [0, 0.05) is 25.2 Å². The summed E-state index contributed by atoms with van der Waals surface area (Å²) >= 11 is 0. The fourth-order valence-corrected chi connectivity index (χ4v) is 5.11. The van der Waals surface area contributed by atoms with Crippen molar-refractivity contribution in [1.29, 1.82) is 5.26 Å². The Morgan fingerprint density at radius 2 is 2.10 bits per heavy atom. The van der Waals surface area contributed by atoms with E-state index < -0.39 is 0 Å². The van der Waals surface area contributed by atoms with Crippen molar-refractivity contribution in [3.63, 3.8) is 0 Å². The topological polar surface area (TPSA) is 60.7 Å². The van der Waals surface area contributed by atoms with Gasteiger partial charge in [0.25, 0.3) is 0 Å². The second kappa shape index (κ2) is 7.62. The molecule has 0 radical (unpaired) electrons. The summed E-state index contributed by atoms with van der Waals surface area (Å²) in [5.74, 6) is 0. The highest BCUT2D eigenvalue weighted by Gasteiger charge is 2.40. The van der Waals surface area contributed by atoms with Gasteiger partial charge in [0.2, 0.25) is 0 Å². The summed E-state index contributed by atoms with van der Waals surface area (Å²) in [7, 11) is 0. The van der Waals surface area contributed by atoms with E-state index in [9.17, 15) is 0 Å². The van der Waals surface area contributed by atoms with Gasteiger partial charge in [-0.2, -0.15) is 5.26 Å². The summed E-state index contributed by atoms with van der Waals surface area (Å²) < 4.78 is 5.87. The quantitative estimate of drug-likeness (QED) is 0.874. The van der Waals surface area contributed by atoms with Crippen LogP contribution in [0.3, 0.4) is 0 Å². The summed E-state index contributed by atoms with van der Waals surface area (Å²) in [6, 6.07) is 16.6. The van der Waals surface area contributed by atoms with Crippen molar-refractivity contribution in [1.82, 2.24) is 10.2 Å². The zero-order chi connectivity index (χ0) is 19.7. The number of hydrogen-bond acceptors (Lipinski definition) is 5. The van der Waals surface area contributed by atoms with E-state index in [0.29, 0.717) is 17.5 Å². The molecular formula is C24H26N4O. The standard InChI is InChI=1S/C24H26N4O/c25-12-18-4-6-19(7-5-18)21-3-1-2-20(23(21)22-13-27-17-29-22)14-28-11-9-24(16-28)8-10-26-15-24/h1-7,17,22,26H,8-11,13-16H2. The van der Waals surface area contributed by atoms with Gasteiger partial charge in [-0.15, -0.1) is 0 Å². The van der Waals surface area contributed by atoms with E-state index in [-0.39, 0.29) is 6.10 Å². The van der Waals surface area contributed by atoms with Crippen LogP contribution >= 0.6 is 0 Å². The summed E-state index contributed by atoms with van der Waals surface area (Å²) in [5.41, 5.74) is 6.01. The molecule has 0 amide bonds. The average Bonchev–Trinajstić information content (AvgIpc) is 3.52. The maximum absolute atomic E-state index is 9.12. The molecule has 3 aliphatic rings. The molecule has 5 rings (SSSR count). The third kappa shape index (κ3) is 3.55. The maximum Gasteiger partial charge on any atom is 0.170 e. The number of benzene rings is 2. The first-order chi connectivity index (χ1) is 14.3. The first-order valence-corrected chi connectivity index (χ1v) is 10.5. The lowest BCUT2D eigenvalue weighted by Crippen LogP contribution is -2.29. The van der Waals surface area contributed by atoms with Crippen molar-refractivity contribution >= 4 is 6.40 Å². The molecule has 148 valence electrons. The molecule has 2 saturated heterocycles. The highest BCUT2D eigenvalue weighted by Crippen LogP contribution is 2.39. The van der Waals surface area contributed by atoms with Gasteiger partial charge in [-0.05, 0) is 60.2 Å². The molecule has 0 aliphatic carbocycles. The van der Waals surface area contributed by atoms with Crippen LogP contribution in [0.5, 0.6) is 0 Å². The van der Waals surface area contributed by atoms with Gasteiger partial charge in [0.1, 0.15) is 6.10 Å². The maximum atomic E-state index is 9.12. The van der Waals surface area contributed by atoms with Crippen LogP contribution in [0.4, 0.5) is 0 Å². The van der Waals surface area contributed by atoms with E-state index in [4.69, 9.17) is 10.00 Å². The fourth-order valence-electron chi connectivity index (χ4n) is 5.11. The third-order valence-corrected chi connectivity index (χ3v) is 6.66. The van der Waals surface area contributed by atoms with E-state index >= 15 is 0 Å². The van der Waals surface area contributed by atoms with Crippen LogP contribution in [-0.2, 0) is 11.3 Å². The van der Waals surface area contributed by atoms with Gasteiger partial charge in [-0.25, -0.2) is 0 Å². The monoisotopic (exact) mass is 386 g/mol. The minimum Gasteiger partial charge on any atom is -0.474 e. The van der Waals surface area contributed by atoms with E-state index in [1.165, 1.54) is 36.1 Å². The Hall–Kier alpha value is -2.68. The Kier molecular flexibility index (Phi) is 4.83. The smallest absolute Gasteiger partial charge is 0.170 e. The van der Waals surface area contributed by atoms with Gasteiger partial charge in [-0.3, -0.25) is 9.89 Å². The summed E-state index contributed by atoms with van der Waals surface area (Å²) in [5, 5.41) is 12.7. The lowest BCUT2D eigenvalue weighted by molar-refractivity contribution is 0.233. The van der Waals surface area contributed by atoms with Crippen molar-refractivity contribution in [2.45, 2.75) is 25.5 Å². The molecule has 0 saturated carbocycles. The number of nitriles is 1. The minimum atomic E-state index is -0.0402. The van der Waals surface area contributed by atoms with Gasteiger partial charge in [0.05, 0.1) is 18.2 Å². The summed E-state index contributed by atoms with van der Waals surface area (Å²) in [4.78, 5) is 6.92. The second-order valence-corrected chi connectivity index (χ2v) is 8.55. The van der Waals surface area contributed by atoms with Gasteiger partial charge < -0.3 is 10.1 Å². The Bertz CT molecular complexity index is 946. The van der Waals surface area contributed by atoms with E-state index in [2.05, 4.69) is 39.5 Å². The van der Waals surface area contributed by atoms with Gasteiger partial charge in [0.15, 0.2) is 6.40 Å². The zero-order valence-corrected chi connectivity index (χ0v) is 16.6. The van der Waals surface area contributed by atoms with Crippen molar-refractivity contribution < 1.29 is 4.74 Å². The number of aliphatic imine (C=N–C) groups is 1. The van der Waals surface area contributed by atoms with Crippen molar-refractivity contribution in [3.8, 4) is 17.2 Å². The normalized spacial score (nSPS) is 26.1. The Morgan fingerprint density at radius 1 is 1.21 bits per heavy atom. The SMILES string of the molecule is N#Cc1ccc(-c2cccc(CN3CCC4(CCNC4)C3)c2C2CN=CO2)cc1. The molecule has 2 atom stereocenters. The molecule has 2 aromatic rings. The van der Waals surface area contributed by atoms with E-state index in [0.717, 1.165) is 31.7 Å². The molecule has 1 spiro atoms. The van der Waals surface area contributed by atoms with Crippen LogP contribution in [0.15, 0.2) is 47.5 Å². The minimum absolute atomic E-state index is 0.0402. The second-order valence-electron chi connectivity index (χ2n) is 8.55. The molecule has 0 bridgehead atoms. The average molecular weight is 386 g/mol. The van der Waals surface area contributed by atoms with Crippen LogP contribution in [0.25, 0.3) is 11.1 Å². The summed E-state index contributed by atoms with van der Waals surface area (Å²) in [6.07, 6.45) is 4.12. The first-order valence-electron chi connectivity index (χ1n) is 10.5. The number of likely N-dealkylation sites (tertiary alicyclic amines) is 1. The fraction of sp³-hybridized carbons (Fsp3) is 0.417. The summed E-state index contributed by atoms with van der Waals surface area (Å²) in [6.45, 7) is 6.24. The zero-order valence-electron chi connectivity index (χ0n) is 16.6. The van der Waals surface area contributed by atoms with Crippen molar-refractivity contribution in [2.24, 2.45) is 10.4 Å². The van der Waals surface area contributed by atoms with Crippen LogP contribution in [-0.4, -0.2) is 44.0 Å². The molecular weight excluding hydrogens is 360 g/mol. The molecule has 3 heterocycles. The number of nitrogens with one attached hydrogen (secondary N) is 1. The molecule has 1 N–H and O–H groups in total. The molecule has 5 heteroatoms. The highest BCUT2D eigenvalue weighted by atomic mass is 16.5. The van der Waals surface area contributed by atoms with Crippen molar-refractivity contribution in [3.05, 3.63) is 59.2 Å². The van der Waals surface area contributed by atoms with Crippen LogP contribution in [0, 0.1) is 16.7 Å². The molecule has 2 aromatic carbocycles. The Balaban J connectivity index is 1.47. The molecule has 5 nitrogen and oxygen atoms in total. The number of nitrogens with zero attached hydrogens (tertiary/aromatic N) is 3. The van der Waals surface area contributed by atoms with Crippen LogP contribution < -0.4 is 5.32 Å². The third-order valence-electron chi connectivity index (χ3n) is 6.66. The van der Waals surface area contributed by atoms with Gasteiger partial charge in [-0.1, -0.05) is 30.3 Å². The largest absolute Gasteiger partial charge is 0.474 e. The Morgan fingerprint density at radius 3 is 2.83 bits per heavy atom. The Labute approximate surface area is 172 Å². The molecule has 2 fully saturated rings.